The number of ether oxygens (including phenoxy) is 1. The van der Waals surface area contributed by atoms with Gasteiger partial charge in [-0.25, -0.2) is 0 Å². The zero-order chi connectivity index (χ0) is 16.4. The Morgan fingerprint density at radius 3 is 2.61 bits per heavy atom. The number of Topliss-reactive ketones (excluding diaryl/α,β-unsaturated/α-hetero) is 1. The summed E-state index contributed by atoms with van der Waals surface area (Å²) in [7, 11) is 0. The van der Waals surface area contributed by atoms with E-state index in [0.717, 1.165) is 17.0 Å². The summed E-state index contributed by atoms with van der Waals surface area (Å²) >= 11 is 0. The summed E-state index contributed by atoms with van der Waals surface area (Å²) in [6.07, 6.45) is 0.235. The molecule has 0 radical (unpaired) electrons. The van der Waals surface area contributed by atoms with E-state index in [1.807, 2.05) is 24.3 Å². The quantitative estimate of drug-likeness (QED) is 0.692. The number of nitrogens with zero attached hydrogens (tertiary/aromatic N) is 1. The fraction of sp³-hybridized carbons (Fsp3) is 0.235. The molecular weight excluding hydrogens is 296 g/mol. The number of rotatable bonds is 4. The minimum absolute atomic E-state index is 0.0128. The smallest absolute Gasteiger partial charge is 0.269 e. The summed E-state index contributed by atoms with van der Waals surface area (Å²) in [5.41, 5.74) is 0.880. The van der Waals surface area contributed by atoms with Gasteiger partial charge >= 0.3 is 0 Å². The van der Waals surface area contributed by atoms with Crippen molar-refractivity contribution in [1.29, 1.82) is 0 Å². The van der Waals surface area contributed by atoms with E-state index >= 15 is 0 Å². The highest BCUT2D eigenvalue weighted by Gasteiger charge is 2.38. The van der Waals surface area contributed by atoms with Crippen LogP contribution in [-0.2, 0) is 10.3 Å². The molecular formula is C17H16N2O4. The number of benzene rings is 2. The Bertz CT molecular complexity index is 757. The van der Waals surface area contributed by atoms with E-state index in [-0.39, 0.29) is 24.5 Å². The number of hydrogen-bond acceptors (Lipinski definition) is 5. The van der Waals surface area contributed by atoms with Crippen molar-refractivity contribution >= 4 is 17.2 Å². The first-order chi connectivity index (χ1) is 11.0. The van der Waals surface area contributed by atoms with Gasteiger partial charge in [0.2, 0.25) is 0 Å². The van der Waals surface area contributed by atoms with E-state index in [4.69, 9.17) is 4.74 Å². The molecule has 1 heterocycles. The predicted octanol–water partition coefficient (Wildman–Crippen LogP) is 3.27. The number of nitro benzene ring substituents is 1. The summed E-state index contributed by atoms with van der Waals surface area (Å²) in [5, 5.41) is 14.2. The van der Waals surface area contributed by atoms with E-state index in [9.17, 15) is 14.9 Å². The van der Waals surface area contributed by atoms with Crippen LogP contribution in [0, 0.1) is 10.1 Å². The minimum atomic E-state index is -0.727. The first-order valence-corrected chi connectivity index (χ1v) is 7.25. The summed E-state index contributed by atoms with van der Waals surface area (Å²) in [5.74, 6) is 0.743. The van der Waals surface area contributed by atoms with E-state index in [1.54, 1.807) is 12.1 Å². The highest BCUT2D eigenvalue weighted by atomic mass is 16.6. The monoisotopic (exact) mass is 312 g/mol. The highest BCUT2D eigenvalue weighted by molar-refractivity contribution is 5.78. The van der Waals surface area contributed by atoms with Gasteiger partial charge < -0.3 is 10.1 Å². The Balaban J connectivity index is 2.01. The zero-order valence-electron chi connectivity index (χ0n) is 12.6. The summed E-state index contributed by atoms with van der Waals surface area (Å²) in [6, 6.07) is 13.7. The normalized spacial score (nSPS) is 19.2. The number of para-hydroxylation sites is 2. The van der Waals surface area contributed by atoms with Crippen LogP contribution in [0.25, 0.3) is 0 Å². The van der Waals surface area contributed by atoms with Crippen molar-refractivity contribution in [1.82, 2.24) is 0 Å². The zero-order valence-corrected chi connectivity index (χ0v) is 12.6. The van der Waals surface area contributed by atoms with Crippen molar-refractivity contribution in [2.45, 2.75) is 18.9 Å². The standard InChI is InChI=1S/C17H16N2O4/c1-12(20)10-17(13-6-8-14(9-7-13)19(21)22)11-23-16-5-3-2-4-15(16)18-17/h2-9,18H,10-11H2,1H3/t17-/m1/s1. The third-order valence-corrected chi connectivity index (χ3v) is 3.92. The molecule has 23 heavy (non-hydrogen) atoms. The largest absolute Gasteiger partial charge is 0.489 e. The van der Waals surface area contributed by atoms with Gasteiger partial charge in [-0.3, -0.25) is 14.9 Å². The average Bonchev–Trinajstić information content (AvgIpc) is 2.54. The van der Waals surface area contributed by atoms with E-state index in [0.29, 0.717) is 0 Å². The van der Waals surface area contributed by atoms with Crippen LogP contribution >= 0.6 is 0 Å². The molecule has 0 fully saturated rings. The third kappa shape index (κ3) is 2.88. The lowest BCUT2D eigenvalue weighted by molar-refractivity contribution is -0.384. The van der Waals surface area contributed by atoms with Gasteiger partial charge in [0.15, 0.2) is 0 Å². The van der Waals surface area contributed by atoms with E-state index in [1.165, 1.54) is 19.1 Å². The summed E-state index contributed by atoms with van der Waals surface area (Å²) < 4.78 is 5.82. The summed E-state index contributed by atoms with van der Waals surface area (Å²) in [6.45, 7) is 1.80. The van der Waals surface area contributed by atoms with Crippen molar-refractivity contribution in [3.05, 3.63) is 64.2 Å². The number of carbonyl (C=O) groups excluding carboxylic acids is 1. The van der Waals surface area contributed by atoms with Crippen LogP contribution in [0.15, 0.2) is 48.5 Å². The van der Waals surface area contributed by atoms with Gasteiger partial charge in [-0.1, -0.05) is 12.1 Å². The van der Waals surface area contributed by atoms with Crippen molar-refractivity contribution in [2.75, 3.05) is 11.9 Å². The molecule has 6 heteroatoms. The SMILES string of the molecule is CC(=O)C[C@]1(c2ccc([N+](=O)[O-])cc2)COc2ccccc2N1. The highest BCUT2D eigenvalue weighted by Crippen LogP contribution is 2.39. The predicted molar refractivity (Wildman–Crippen MR) is 85.6 cm³/mol. The molecule has 0 unspecified atom stereocenters. The molecule has 0 aromatic heterocycles. The van der Waals surface area contributed by atoms with Gasteiger partial charge in [-0.2, -0.15) is 0 Å². The molecule has 2 aromatic rings. The molecule has 1 aliphatic heterocycles. The third-order valence-electron chi connectivity index (χ3n) is 3.92. The Morgan fingerprint density at radius 1 is 1.26 bits per heavy atom. The molecule has 118 valence electrons. The molecule has 1 N–H and O–H groups in total. The first kappa shape index (κ1) is 15.0. The van der Waals surface area contributed by atoms with Gasteiger partial charge in [0.25, 0.3) is 5.69 Å². The molecule has 0 bridgehead atoms. The van der Waals surface area contributed by atoms with Gasteiger partial charge in [0.05, 0.1) is 10.6 Å². The first-order valence-electron chi connectivity index (χ1n) is 7.25. The lowest BCUT2D eigenvalue weighted by atomic mass is 9.84. The number of carbonyl (C=O) groups is 1. The summed E-state index contributed by atoms with van der Waals surface area (Å²) in [4.78, 5) is 22.2. The Hall–Kier alpha value is -2.89. The molecule has 0 saturated heterocycles. The molecule has 2 aromatic carbocycles. The second-order valence-corrected chi connectivity index (χ2v) is 5.67. The number of nitro groups is 1. The molecule has 0 aliphatic carbocycles. The Morgan fingerprint density at radius 2 is 1.96 bits per heavy atom. The van der Waals surface area contributed by atoms with Crippen molar-refractivity contribution in [3.63, 3.8) is 0 Å². The number of non-ortho nitro benzene ring substituents is 1. The van der Waals surface area contributed by atoms with Crippen LogP contribution in [0.1, 0.15) is 18.9 Å². The van der Waals surface area contributed by atoms with Crippen molar-refractivity contribution < 1.29 is 14.5 Å². The van der Waals surface area contributed by atoms with Gasteiger partial charge in [-0.15, -0.1) is 0 Å². The second kappa shape index (κ2) is 5.72. The van der Waals surface area contributed by atoms with Crippen LogP contribution in [0.4, 0.5) is 11.4 Å². The van der Waals surface area contributed by atoms with Crippen LogP contribution in [0.3, 0.4) is 0 Å². The maximum absolute atomic E-state index is 11.8. The minimum Gasteiger partial charge on any atom is -0.489 e. The Kier molecular flexibility index (Phi) is 3.73. The molecule has 0 saturated carbocycles. The fourth-order valence-corrected chi connectivity index (χ4v) is 2.87. The van der Waals surface area contributed by atoms with Gasteiger partial charge in [0, 0.05) is 18.6 Å². The molecule has 6 nitrogen and oxygen atoms in total. The van der Waals surface area contributed by atoms with Crippen LogP contribution < -0.4 is 10.1 Å². The van der Waals surface area contributed by atoms with Gasteiger partial charge in [0.1, 0.15) is 23.7 Å². The van der Waals surface area contributed by atoms with Crippen LogP contribution in [0.2, 0.25) is 0 Å². The molecule has 0 amide bonds. The number of hydrogen-bond donors (Lipinski definition) is 1. The van der Waals surface area contributed by atoms with Crippen molar-refractivity contribution in [3.8, 4) is 5.75 Å². The second-order valence-electron chi connectivity index (χ2n) is 5.67. The molecule has 0 spiro atoms. The molecule has 1 atom stereocenters. The number of ketones is 1. The maximum Gasteiger partial charge on any atom is 0.269 e. The average molecular weight is 312 g/mol. The number of fused-ring (bicyclic) bond motifs is 1. The molecule has 3 rings (SSSR count). The van der Waals surface area contributed by atoms with Gasteiger partial charge in [-0.05, 0) is 36.8 Å². The van der Waals surface area contributed by atoms with Crippen LogP contribution in [-0.4, -0.2) is 17.3 Å². The lowest BCUT2D eigenvalue weighted by Crippen LogP contribution is -2.45. The number of nitrogens with one attached hydrogen (secondary N) is 1. The maximum atomic E-state index is 11.8. The van der Waals surface area contributed by atoms with Crippen molar-refractivity contribution in [2.24, 2.45) is 0 Å². The Labute approximate surface area is 133 Å². The van der Waals surface area contributed by atoms with E-state index < -0.39 is 10.5 Å². The van der Waals surface area contributed by atoms with E-state index in [2.05, 4.69) is 5.32 Å². The number of anilines is 1. The van der Waals surface area contributed by atoms with Crippen LogP contribution in [0.5, 0.6) is 5.75 Å². The molecule has 1 aliphatic rings. The fourth-order valence-electron chi connectivity index (χ4n) is 2.87. The topological polar surface area (TPSA) is 81.5 Å². The lowest BCUT2D eigenvalue weighted by Gasteiger charge is -2.39.